The second-order valence-corrected chi connectivity index (χ2v) is 2.46. The van der Waals surface area contributed by atoms with Crippen molar-refractivity contribution in [3.63, 3.8) is 0 Å². The Hall–Kier alpha value is 1.62. The molecule has 0 spiro atoms. The summed E-state index contributed by atoms with van der Waals surface area (Å²) in [5, 5.41) is 35.5. The van der Waals surface area contributed by atoms with E-state index in [0.717, 1.165) is 0 Å². The minimum atomic E-state index is -2.80. The fourth-order valence-corrected chi connectivity index (χ4v) is 0.703. The van der Waals surface area contributed by atoms with Crippen LogP contribution in [0.15, 0.2) is 0 Å². The van der Waals surface area contributed by atoms with E-state index in [0.29, 0.717) is 0 Å². The Balaban J connectivity index is -0.0000000720. The first-order chi connectivity index (χ1) is 5.78. The van der Waals surface area contributed by atoms with Crippen LogP contribution < -0.4 is 106 Å². The van der Waals surface area contributed by atoms with Gasteiger partial charge in [0.05, 0.1) is 6.42 Å². The molecule has 0 aliphatic carbocycles. The molecule has 18 heavy (non-hydrogen) atoms. The van der Waals surface area contributed by atoms with Gasteiger partial charge in [-0.25, -0.2) is 4.79 Å². The van der Waals surface area contributed by atoms with E-state index in [1.165, 1.54) is 0 Å². The maximum absolute atomic E-state index is 10.3. The van der Waals surface area contributed by atoms with Crippen LogP contribution in [0.1, 0.15) is 12.8 Å². The number of hydrogen-bond donors (Lipinski definition) is 3. The van der Waals surface area contributed by atoms with Crippen LogP contribution >= 0.6 is 0 Å². The molecule has 0 heterocycles. The summed E-state index contributed by atoms with van der Waals surface area (Å²) in [5.74, 6) is -5.34. The third-order valence-corrected chi connectivity index (χ3v) is 1.28. The van der Waals surface area contributed by atoms with Gasteiger partial charge in [-0.05, 0) is 0 Å². The number of aliphatic carboxylic acids is 3. The molecule has 0 bridgehead atoms. The summed E-state index contributed by atoms with van der Waals surface area (Å²) in [6.45, 7) is 0. The van der Waals surface area contributed by atoms with Crippen molar-refractivity contribution in [2.24, 2.45) is 0 Å². The van der Waals surface area contributed by atoms with Gasteiger partial charge in [0.25, 0.3) is 0 Å². The molecule has 0 aromatic heterocycles. The molecule has 0 aliphatic rings. The second-order valence-electron chi connectivity index (χ2n) is 2.46. The van der Waals surface area contributed by atoms with E-state index in [-0.39, 0.29) is 107 Å². The van der Waals surface area contributed by atoms with E-state index >= 15 is 0 Å². The third kappa shape index (κ3) is 15.7. The molecule has 1 atom stereocenters. The van der Waals surface area contributed by atoms with Crippen LogP contribution in [-0.2, 0) is 14.4 Å². The fourth-order valence-electron chi connectivity index (χ4n) is 0.703. The average Bonchev–Trinajstić information content (AvgIpc) is 1.82. The Bertz CT molecular complexity index is 245. The minimum absolute atomic E-state index is 0. The third-order valence-electron chi connectivity index (χ3n) is 1.28. The van der Waals surface area contributed by atoms with Crippen LogP contribution in [0.4, 0.5) is 0 Å². The molecule has 0 saturated heterocycles. The molecule has 90 valence electrons. The van der Waals surface area contributed by atoms with Crippen molar-refractivity contribution >= 4 is 17.9 Å². The predicted molar refractivity (Wildman–Crippen MR) is 36.4 cm³/mol. The van der Waals surface area contributed by atoms with E-state index in [1.54, 1.807) is 0 Å². The zero-order chi connectivity index (χ0) is 10.6. The largest absolute Gasteiger partial charge is 1.00 e. The first kappa shape index (κ1) is 36.7. The molecule has 0 amide bonds. The van der Waals surface area contributed by atoms with Gasteiger partial charge in [-0.3, -0.25) is 4.79 Å². The quantitative estimate of drug-likeness (QED) is 0.421. The molecule has 0 fully saturated rings. The molecule has 12 heteroatoms. The first-order valence-electron chi connectivity index (χ1n) is 3.15. The molecule has 8 nitrogen and oxygen atoms in total. The summed E-state index contributed by atoms with van der Waals surface area (Å²) >= 11 is 0. The molecule has 4 N–H and O–H groups in total. The van der Waals surface area contributed by atoms with Crippen molar-refractivity contribution < 1.29 is 141 Å². The minimum Gasteiger partial charge on any atom is -1.00 e. The van der Waals surface area contributed by atoms with Crippen molar-refractivity contribution in [2.45, 2.75) is 18.4 Å². The Kier molecular flexibility index (Phi) is 34.0. The monoisotopic (exact) mass is 312 g/mol. The summed E-state index contributed by atoms with van der Waals surface area (Å²) < 4.78 is 0. The van der Waals surface area contributed by atoms with E-state index < -0.39 is 36.4 Å². The van der Waals surface area contributed by atoms with E-state index in [4.69, 9.17) is 15.3 Å². The summed E-state index contributed by atoms with van der Waals surface area (Å²) in [5.41, 5.74) is -2.80. The van der Waals surface area contributed by atoms with Gasteiger partial charge in [-0.1, -0.05) is 0 Å². The molecule has 0 aromatic rings. The van der Waals surface area contributed by atoms with E-state index in [1.807, 2.05) is 0 Å². The topological polar surface area (TPSA) is 165 Å². The number of hydrogen-bond acceptors (Lipinski definition) is 6. The molecule has 0 aromatic carbocycles. The van der Waals surface area contributed by atoms with Gasteiger partial charge in [0.15, 0.2) is 5.60 Å². The van der Waals surface area contributed by atoms with Crippen LogP contribution in [0, 0.1) is 0 Å². The Morgan fingerprint density at radius 1 is 1.00 bits per heavy atom. The summed E-state index contributed by atoms with van der Waals surface area (Å²) in [7, 11) is 0. The van der Waals surface area contributed by atoms with Gasteiger partial charge in [-0.15, -0.1) is 0 Å². The first-order valence-corrected chi connectivity index (χ1v) is 3.15. The number of carboxylic acids is 3. The van der Waals surface area contributed by atoms with E-state index in [9.17, 15) is 19.5 Å². The van der Waals surface area contributed by atoms with Gasteiger partial charge < -0.3 is 43.1 Å². The normalized spacial score (nSPS) is 10.5. The Labute approximate surface area is 175 Å². The van der Waals surface area contributed by atoms with Crippen LogP contribution in [0.5, 0.6) is 0 Å². The van der Waals surface area contributed by atoms with Crippen molar-refractivity contribution in [3.05, 3.63) is 0 Å². The average molecular weight is 313 g/mol. The van der Waals surface area contributed by atoms with Crippen LogP contribution in [0.2, 0.25) is 0 Å². The smallest absolute Gasteiger partial charge is 1.00 e. The second kappa shape index (κ2) is 16.7. The Morgan fingerprint density at radius 3 is 1.50 bits per heavy atom. The number of halogens is 1. The summed E-state index contributed by atoms with van der Waals surface area (Å²) in [4.78, 5) is 30.3. The SMILES string of the molecule is O=C([O-])CC(O)(CC(=O)O)C(=O)O.[Cl-].[Na+].[Na+].[Na+].[OH-]. The molecule has 0 saturated carbocycles. The van der Waals surface area contributed by atoms with Crippen LogP contribution in [0.3, 0.4) is 0 Å². The number of carbonyl (C=O) groups is 3. The van der Waals surface area contributed by atoms with Crippen molar-refractivity contribution in [1.29, 1.82) is 0 Å². The van der Waals surface area contributed by atoms with Crippen LogP contribution in [-0.4, -0.2) is 44.3 Å². The molecule has 0 radical (unpaired) electrons. The van der Waals surface area contributed by atoms with Gasteiger partial charge in [-0.2, -0.15) is 0 Å². The molecular weight excluding hydrogens is 304 g/mol. The predicted octanol–water partition coefficient (Wildman–Crippen LogP) is -14.7. The standard InChI is InChI=1S/C6H8O7.ClH.3Na.H2O/c7-3(8)1-6(13,5(11)12)2-4(9)10;;;;;/h13H,1-2H2,(H,7,8)(H,9,10)(H,11,12);1H;;;;1H2/q;;3*+1;/p-3. The van der Waals surface area contributed by atoms with Gasteiger partial charge in [0.1, 0.15) is 0 Å². The number of rotatable bonds is 5. The maximum Gasteiger partial charge on any atom is 1.00 e. The zero-order valence-corrected chi connectivity index (χ0v) is 17.0. The molecule has 0 rings (SSSR count). The van der Waals surface area contributed by atoms with Crippen LogP contribution in [0.25, 0.3) is 0 Å². The van der Waals surface area contributed by atoms with Crippen molar-refractivity contribution in [3.8, 4) is 0 Å². The summed E-state index contributed by atoms with van der Waals surface area (Å²) in [6.07, 6.45) is -2.44. The molecule has 0 aliphatic heterocycles. The zero-order valence-electron chi connectivity index (χ0n) is 10.2. The Morgan fingerprint density at radius 2 is 1.33 bits per heavy atom. The number of carbonyl (C=O) groups excluding carboxylic acids is 1. The van der Waals surface area contributed by atoms with E-state index in [2.05, 4.69) is 0 Å². The fraction of sp³-hybridized carbons (Fsp3) is 0.500. The van der Waals surface area contributed by atoms with Gasteiger partial charge in [0.2, 0.25) is 0 Å². The maximum atomic E-state index is 10.3. The molecular formula is C6H8ClNa3O8. The van der Waals surface area contributed by atoms with Crippen molar-refractivity contribution in [2.75, 3.05) is 0 Å². The van der Waals surface area contributed by atoms with Gasteiger partial charge >= 0.3 is 101 Å². The van der Waals surface area contributed by atoms with Gasteiger partial charge in [0, 0.05) is 12.4 Å². The molecule has 1 unspecified atom stereocenters. The summed E-state index contributed by atoms with van der Waals surface area (Å²) in [6, 6.07) is 0. The van der Waals surface area contributed by atoms with Crippen molar-refractivity contribution in [1.82, 2.24) is 0 Å². The number of carboxylic acid groups (broad SMARTS) is 3. The number of aliphatic hydroxyl groups is 1.